The number of rotatable bonds is 11. The molecule has 0 amide bonds. The van der Waals surface area contributed by atoms with Crippen molar-refractivity contribution in [1.82, 2.24) is 5.32 Å². The molecule has 31 heavy (non-hydrogen) atoms. The molecule has 1 atom stereocenters. The van der Waals surface area contributed by atoms with Crippen molar-refractivity contribution in [1.29, 1.82) is 0 Å². The lowest BCUT2D eigenvalue weighted by Crippen LogP contribution is -2.26. The zero-order chi connectivity index (χ0) is 22.1. The molecule has 3 nitrogen and oxygen atoms in total. The Labute approximate surface area is 198 Å². The van der Waals surface area contributed by atoms with Crippen LogP contribution in [0, 0.1) is 0 Å². The smallest absolute Gasteiger partial charge is 0.175 e. The van der Waals surface area contributed by atoms with Gasteiger partial charge in [0.15, 0.2) is 11.5 Å². The Morgan fingerprint density at radius 1 is 0.968 bits per heavy atom. The molecule has 5 heteroatoms. The molecular formula is C26H29BrClNO2. The van der Waals surface area contributed by atoms with Gasteiger partial charge in [0.1, 0.15) is 6.61 Å². The summed E-state index contributed by atoms with van der Waals surface area (Å²) in [6.07, 6.45) is 2.15. The Morgan fingerprint density at radius 3 is 2.45 bits per heavy atom. The van der Waals surface area contributed by atoms with Crippen molar-refractivity contribution < 1.29 is 9.47 Å². The zero-order valence-electron chi connectivity index (χ0n) is 18.0. The first-order valence-electron chi connectivity index (χ1n) is 10.7. The highest BCUT2D eigenvalue weighted by Crippen LogP contribution is 2.38. The van der Waals surface area contributed by atoms with E-state index < -0.39 is 0 Å². The summed E-state index contributed by atoms with van der Waals surface area (Å²) in [6.45, 7) is 5.91. The molecule has 0 radical (unpaired) electrons. The highest BCUT2D eigenvalue weighted by molar-refractivity contribution is 9.10. The summed E-state index contributed by atoms with van der Waals surface area (Å²) >= 11 is 9.92. The highest BCUT2D eigenvalue weighted by Gasteiger charge is 2.14. The van der Waals surface area contributed by atoms with Crippen LogP contribution in [0.25, 0.3) is 0 Å². The summed E-state index contributed by atoms with van der Waals surface area (Å²) in [5.74, 6) is 1.43. The number of ether oxygens (including phenoxy) is 2. The summed E-state index contributed by atoms with van der Waals surface area (Å²) < 4.78 is 12.8. The molecule has 3 rings (SSSR count). The lowest BCUT2D eigenvalue weighted by molar-refractivity contribution is 0.267. The number of hydrogen-bond acceptors (Lipinski definition) is 3. The fourth-order valence-corrected chi connectivity index (χ4v) is 4.11. The lowest BCUT2D eigenvalue weighted by atomic mass is 10.1. The summed E-state index contributed by atoms with van der Waals surface area (Å²) in [5, 5.41) is 4.31. The molecule has 0 aliphatic heterocycles. The molecular weight excluding hydrogens is 474 g/mol. The minimum absolute atomic E-state index is 0.381. The van der Waals surface area contributed by atoms with Gasteiger partial charge >= 0.3 is 0 Å². The van der Waals surface area contributed by atoms with Gasteiger partial charge in [0, 0.05) is 23.2 Å². The number of benzene rings is 3. The number of aryl methyl sites for hydroxylation is 1. The van der Waals surface area contributed by atoms with Crippen molar-refractivity contribution in [3.63, 3.8) is 0 Å². The first kappa shape index (κ1) is 23.6. The Hall–Kier alpha value is -2.01. The first-order chi connectivity index (χ1) is 15.1. The summed E-state index contributed by atoms with van der Waals surface area (Å²) in [6, 6.07) is 22.8. The van der Waals surface area contributed by atoms with Crippen LogP contribution in [0.15, 0.2) is 71.2 Å². The molecule has 0 heterocycles. The normalized spacial score (nSPS) is 11.9. The minimum atomic E-state index is 0.381. The van der Waals surface area contributed by atoms with Crippen molar-refractivity contribution in [3.8, 4) is 11.5 Å². The van der Waals surface area contributed by atoms with Crippen LogP contribution in [0.5, 0.6) is 11.5 Å². The van der Waals surface area contributed by atoms with Crippen LogP contribution in [0.4, 0.5) is 0 Å². The maximum Gasteiger partial charge on any atom is 0.175 e. The van der Waals surface area contributed by atoms with E-state index in [1.54, 1.807) is 0 Å². The fraction of sp³-hybridized carbons (Fsp3) is 0.308. The average molecular weight is 503 g/mol. The van der Waals surface area contributed by atoms with Crippen LogP contribution in [-0.2, 0) is 19.6 Å². The zero-order valence-corrected chi connectivity index (χ0v) is 20.4. The third-order valence-corrected chi connectivity index (χ3v) is 6.02. The summed E-state index contributed by atoms with van der Waals surface area (Å²) in [7, 11) is 0. The number of nitrogens with one attached hydrogen (secondary N) is 1. The summed E-state index contributed by atoms with van der Waals surface area (Å²) in [5.41, 5.74) is 3.46. The Kier molecular flexibility index (Phi) is 9.26. The van der Waals surface area contributed by atoms with E-state index in [0.29, 0.717) is 30.0 Å². The summed E-state index contributed by atoms with van der Waals surface area (Å²) in [4.78, 5) is 0. The van der Waals surface area contributed by atoms with Crippen molar-refractivity contribution >= 4 is 27.5 Å². The van der Waals surface area contributed by atoms with Crippen LogP contribution in [-0.4, -0.2) is 12.6 Å². The minimum Gasteiger partial charge on any atom is -0.490 e. The Morgan fingerprint density at radius 2 is 1.71 bits per heavy atom. The van der Waals surface area contributed by atoms with Crippen molar-refractivity contribution in [3.05, 3.63) is 92.9 Å². The quantitative estimate of drug-likeness (QED) is 0.301. The second kappa shape index (κ2) is 12.1. The molecule has 0 aromatic heterocycles. The first-order valence-corrected chi connectivity index (χ1v) is 11.8. The van der Waals surface area contributed by atoms with Crippen molar-refractivity contribution in [2.75, 3.05) is 6.61 Å². The van der Waals surface area contributed by atoms with Gasteiger partial charge in [-0.25, -0.2) is 0 Å². The molecule has 0 saturated carbocycles. The maximum atomic E-state index is 6.26. The lowest BCUT2D eigenvalue weighted by Gasteiger charge is -2.18. The van der Waals surface area contributed by atoms with E-state index in [2.05, 4.69) is 64.6 Å². The molecule has 0 aliphatic rings. The molecule has 0 aliphatic carbocycles. The molecule has 164 valence electrons. The third-order valence-electron chi connectivity index (χ3n) is 5.06. The fourth-order valence-electron chi connectivity index (χ4n) is 3.31. The standard InChI is InChI=1S/C26H29BrClNO2/c1-3-30-25-16-21(17-29-19(2)13-14-20-9-5-4-6-10-20)15-23(27)26(25)31-18-22-11-7-8-12-24(22)28/h4-12,15-16,19,29H,3,13-14,17-18H2,1-2H3/t19-/m0/s1. The van der Waals surface area contributed by atoms with E-state index in [1.807, 2.05) is 37.3 Å². The van der Waals surface area contributed by atoms with Crippen LogP contribution in [0.1, 0.15) is 37.0 Å². The molecule has 0 saturated heterocycles. The average Bonchev–Trinajstić information content (AvgIpc) is 2.77. The van der Waals surface area contributed by atoms with Gasteiger partial charge in [-0.3, -0.25) is 0 Å². The Balaban J connectivity index is 1.61. The van der Waals surface area contributed by atoms with E-state index in [0.717, 1.165) is 40.7 Å². The molecule has 0 bridgehead atoms. The maximum absolute atomic E-state index is 6.26. The predicted molar refractivity (Wildman–Crippen MR) is 132 cm³/mol. The number of hydrogen-bond donors (Lipinski definition) is 1. The van der Waals surface area contributed by atoms with Gasteiger partial charge < -0.3 is 14.8 Å². The van der Waals surface area contributed by atoms with Gasteiger partial charge in [0.25, 0.3) is 0 Å². The number of halogens is 2. The van der Waals surface area contributed by atoms with Gasteiger partial charge in [-0.15, -0.1) is 0 Å². The van der Waals surface area contributed by atoms with Gasteiger partial charge in [-0.2, -0.15) is 0 Å². The molecule has 0 fully saturated rings. The molecule has 0 unspecified atom stereocenters. The second-order valence-electron chi connectivity index (χ2n) is 7.52. The van der Waals surface area contributed by atoms with E-state index in [9.17, 15) is 0 Å². The van der Waals surface area contributed by atoms with E-state index in [-0.39, 0.29) is 0 Å². The van der Waals surface area contributed by atoms with Crippen LogP contribution in [0.2, 0.25) is 5.02 Å². The largest absolute Gasteiger partial charge is 0.490 e. The molecule has 3 aromatic carbocycles. The van der Waals surface area contributed by atoms with Crippen LogP contribution in [0.3, 0.4) is 0 Å². The van der Waals surface area contributed by atoms with Gasteiger partial charge in [-0.1, -0.05) is 60.1 Å². The second-order valence-corrected chi connectivity index (χ2v) is 8.79. The van der Waals surface area contributed by atoms with Crippen molar-refractivity contribution in [2.45, 2.75) is 45.9 Å². The SMILES string of the molecule is CCOc1cc(CN[C@@H](C)CCc2ccccc2)cc(Br)c1OCc1ccccc1Cl. The van der Waals surface area contributed by atoms with Crippen molar-refractivity contribution in [2.24, 2.45) is 0 Å². The van der Waals surface area contributed by atoms with Crippen LogP contribution < -0.4 is 14.8 Å². The molecule has 0 spiro atoms. The van der Waals surface area contributed by atoms with Gasteiger partial charge in [-0.05, 0) is 71.9 Å². The predicted octanol–water partition coefficient (Wildman–Crippen LogP) is 7.19. The van der Waals surface area contributed by atoms with Crippen LogP contribution >= 0.6 is 27.5 Å². The Bertz CT molecular complexity index is 965. The molecule has 1 N–H and O–H groups in total. The van der Waals surface area contributed by atoms with Gasteiger partial charge in [0.05, 0.1) is 11.1 Å². The highest BCUT2D eigenvalue weighted by atomic mass is 79.9. The topological polar surface area (TPSA) is 30.5 Å². The van der Waals surface area contributed by atoms with Gasteiger partial charge in [0.2, 0.25) is 0 Å². The third kappa shape index (κ3) is 7.27. The monoisotopic (exact) mass is 501 g/mol. The van der Waals surface area contributed by atoms with E-state index in [4.69, 9.17) is 21.1 Å². The molecule has 3 aromatic rings. The van der Waals surface area contributed by atoms with E-state index >= 15 is 0 Å². The van der Waals surface area contributed by atoms with E-state index in [1.165, 1.54) is 5.56 Å².